The molecule has 0 radical (unpaired) electrons. The third kappa shape index (κ3) is 6.25. The molecular formula is C24H28N4O6. The number of methoxy groups -OCH3 is 2. The summed E-state index contributed by atoms with van der Waals surface area (Å²) in [7, 11) is 3.02. The van der Waals surface area contributed by atoms with Gasteiger partial charge in [0, 0.05) is 37.3 Å². The molecule has 0 aliphatic rings. The number of benzene rings is 2. The molecule has 2 amide bonds. The highest BCUT2D eigenvalue weighted by Gasteiger charge is 2.12. The van der Waals surface area contributed by atoms with Crippen LogP contribution in [0.4, 0.5) is 5.69 Å². The van der Waals surface area contributed by atoms with E-state index in [2.05, 4.69) is 15.6 Å². The number of nitrogens with one attached hydrogen (secondary N) is 2. The maximum atomic E-state index is 12.8. The standard InChI is InChI=1S/C24H28N4O6/c1-4-25-23(30)14-34-17-8-5-7-16(11-17)27-22(29)9-6-10-28-15-26-19-13-21(33-3)20(32-2)12-18(19)24(28)31/h5,7-8,11-13,15H,4,6,9-10,14H2,1-3H3,(H,25,30)(H,27,29). The molecule has 0 saturated carbocycles. The van der Waals surface area contributed by atoms with Crippen LogP contribution in [0.15, 0.2) is 47.5 Å². The molecule has 3 rings (SSSR count). The number of ether oxygens (including phenoxy) is 3. The molecule has 3 aromatic rings. The van der Waals surface area contributed by atoms with E-state index in [4.69, 9.17) is 14.2 Å². The van der Waals surface area contributed by atoms with Crippen molar-refractivity contribution in [3.63, 3.8) is 0 Å². The van der Waals surface area contributed by atoms with E-state index in [1.807, 2.05) is 6.92 Å². The van der Waals surface area contributed by atoms with Gasteiger partial charge in [-0.25, -0.2) is 4.98 Å². The zero-order valence-corrected chi connectivity index (χ0v) is 19.4. The lowest BCUT2D eigenvalue weighted by Crippen LogP contribution is -2.28. The highest BCUT2D eigenvalue weighted by atomic mass is 16.5. The topological polar surface area (TPSA) is 121 Å². The largest absolute Gasteiger partial charge is 0.493 e. The Hall–Kier alpha value is -4.08. The molecule has 1 aromatic heterocycles. The molecular weight excluding hydrogens is 440 g/mol. The number of hydrogen-bond donors (Lipinski definition) is 2. The van der Waals surface area contributed by atoms with E-state index in [9.17, 15) is 14.4 Å². The van der Waals surface area contributed by atoms with Crippen LogP contribution in [0.5, 0.6) is 17.2 Å². The molecule has 0 saturated heterocycles. The van der Waals surface area contributed by atoms with Crippen molar-refractivity contribution in [1.82, 2.24) is 14.9 Å². The second kappa shape index (κ2) is 11.7. The highest BCUT2D eigenvalue weighted by Crippen LogP contribution is 2.29. The molecule has 10 heteroatoms. The SMILES string of the molecule is CCNC(=O)COc1cccc(NC(=O)CCCn2cnc3cc(OC)c(OC)cc3c2=O)c1. The van der Waals surface area contributed by atoms with Crippen molar-refractivity contribution in [1.29, 1.82) is 0 Å². The first-order valence-corrected chi connectivity index (χ1v) is 10.9. The van der Waals surface area contributed by atoms with E-state index >= 15 is 0 Å². The first-order valence-electron chi connectivity index (χ1n) is 10.9. The van der Waals surface area contributed by atoms with Gasteiger partial charge in [-0.1, -0.05) is 6.07 Å². The Morgan fingerprint density at radius 3 is 2.56 bits per heavy atom. The monoisotopic (exact) mass is 468 g/mol. The average Bonchev–Trinajstić information content (AvgIpc) is 2.84. The number of aryl methyl sites for hydroxylation is 1. The van der Waals surface area contributed by atoms with Crippen molar-refractivity contribution in [2.75, 3.05) is 32.7 Å². The molecule has 0 atom stereocenters. The van der Waals surface area contributed by atoms with Gasteiger partial charge >= 0.3 is 0 Å². The minimum atomic E-state index is -0.219. The van der Waals surface area contributed by atoms with E-state index in [-0.39, 0.29) is 30.4 Å². The van der Waals surface area contributed by atoms with Gasteiger partial charge in [0.1, 0.15) is 5.75 Å². The predicted molar refractivity (Wildman–Crippen MR) is 128 cm³/mol. The number of fused-ring (bicyclic) bond motifs is 1. The molecule has 0 aliphatic carbocycles. The Bertz CT molecular complexity index is 1220. The van der Waals surface area contributed by atoms with Crippen LogP contribution in [0.1, 0.15) is 19.8 Å². The van der Waals surface area contributed by atoms with Crippen LogP contribution < -0.4 is 30.4 Å². The first-order chi connectivity index (χ1) is 16.4. The van der Waals surface area contributed by atoms with Gasteiger partial charge in [0.05, 0.1) is 31.4 Å². The number of hydrogen-bond acceptors (Lipinski definition) is 7. The number of nitrogens with zero attached hydrogens (tertiary/aromatic N) is 2. The minimum Gasteiger partial charge on any atom is -0.493 e. The second-order valence-electron chi connectivity index (χ2n) is 7.39. The number of carbonyl (C=O) groups excluding carboxylic acids is 2. The summed E-state index contributed by atoms with van der Waals surface area (Å²) in [6.45, 7) is 2.59. The van der Waals surface area contributed by atoms with Crippen LogP contribution in [-0.2, 0) is 16.1 Å². The Morgan fingerprint density at radius 2 is 1.82 bits per heavy atom. The van der Waals surface area contributed by atoms with Gasteiger partial charge in [-0.3, -0.25) is 19.0 Å². The van der Waals surface area contributed by atoms with Crippen molar-refractivity contribution in [2.45, 2.75) is 26.3 Å². The van der Waals surface area contributed by atoms with Crippen LogP contribution >= 0.6 is 0 Å². The van der Waals surface area contributed by atoms with Crippen molar-refractivity contribution in [3.8, 4) is 17.2 Å². The lowest BCUT2D eigenvalue weighted by molar-refractivity contribution is -0.123. The van der Waals surface area contributed by atoms with Gasteiger partial charge in [0.25, 0.3) is 11.5 Å². The molecule has 10 nitrogen and oxygen atoms in total. The van der Waals surface area contributed by atoms with Crippen LogP contribution in [0.2, 0.25) is 0 Å². The molecule has 180 valence electrons. The Labute approximate surface area is 196 Å². The maximum absolute atomic E-state index is 12.8. The minimum absolute atomic E-state index is 0.0988. The van der Waals surface area contributed by atoms with Crippen LogP contribution in [0.3, 0.4) is 0 Å². The quantitative estimate of drug-likeness (QED) is 0.443. The molecule has 0 bridgehead atoms. The summed E-state index contributed by atoms with van der Waals surface area (Å²) < 4.78 is 17.4. The van der Waals surface area contributed by atoms with E-state index in [0.29, 0.717) is 53.3 Å². The fourth-order valence-electron chi connectivity index (χ4n) is 3.34. The average molecular weight is 469 g/mol. The van der Waals surface area contributed by atoms with Crippen molar-refractivity contribution < 1.29 is 23.8 Å². The Balaban J connectivity index is 1.57. The van der Waals surface area contributed by atoms with E-state index in [0.717, 1.165) is 0 Å². The molecule has 2 aromatic carbocycles. The van der Waals surface area contributed by atoms with Gasteiger partial charge in [0.15, 0.2) is 18.1 Å². The van der Waals surface area contributed by atoms with Gasteiger partial charge < -0.3 is 24.8 Å². The smallest absolute Gasteiger partial charge is 0.261 e. The van der Waals surface area contributed by atoms with E-state index in [1.54, 1.807) is 36.4 Å². The summed E-state index contributed by atoms with van der Waals surface area (Å²) in [5.41, 5.74) is 0.846. The third-order valence-corrected chi connectivity index (χ3v) is 4.99. The Morgan fingerprint density at radius 1 is 1.06 bits per heavy atom. The molecule has 34 heavy (non-hydrogen) atoms. The zero-order valence-electron chi connectivity index (χ0n) is 19.4. The summed E-state index contributed by atoms with van der Waals surface area (Å²) in [6.07, 6.45) is 2.12. The van der Waals surface area contributed by atoms with Gasteiger partial charge in [-0.2, -0.15) is 0 Å². The fraction of sp³-hybridized carbons (Fsp3) is 0.333. The fourth-order valence-corrected chi connectivity index (χ4v) is 3.34. The lowest BCUT2D eigenvalue weighted by Gasteiger charge is -2.11. The third-order valence-electron chi connectivity index (χ3n) is 4.99. The number of rotatable bonds is 11. The second-order valence-corrected chi connectivity index (χ2v) is 7.39. The summed E-state index contributed by atoms with van der Waals surface area (Å²) >= 11 is 0. The van der Waals surface area contributed by atoms with Crippen LogP contribution in [-0.4, -0.2) is 48.7 Å². The molecule has 0 aliphatic heterocycles. The van der Waals surface area contributed by atoms with Crippen molar-refractivity contribution >= 4 is 28.4 Å². The molecule has 0 fully saturated rings. The number of anilines is 1. The van der Waals surface area contributed by atoms with E-state index < -0.39 is 0 Å². The molecule has 1 heterocycles. The summed E-state index contributed by atoms with van der Waals surface area (Å²) in [6, 6.07) is 10.1. The van der Waals surface area contributed by atoms with Gasteiger partial charge in [-0.05, 0) is 31.5 Å². The highest BCUT2D eigenvalue weighted by molar-refractivity contribution is 5.90. The van der Waals surface area contributed by atoms with Gasteiger partial charge in [-0.15, -0.1) is 0 Å². The first kappa shape index (κ1) is 24.6. The van der Waals surface area contributed by atoms with Crippen molar-refractivity contribution in [2.24, 2.45) is 0 Å². The van der Waals surface area contributed by atoms with Crippen molar-refractivity contribution in [3.05, 3.63) is 53.1 Å². The zero-order chi connectivity index (χ0) is 24.5. The number of aromatic nitrogens is 2. The maximum Gasteiger partial charge on any atom is 0.261 e. The summed E-state index contributed by atoms with van der Waals surface area (Å²) in [5, 5.41) is 5.86. The molecule has 0 spiro atoms. The normalized spacial score (nSPS) is 10.6. The summed E-state index contributed by atoms with van der Waals surface area (Å²) in [4.78, 5) is 41.1. The number of amides is 2. The number of carbonyl (C=O) groups is 2. The molecule has 0 unspecified atom stereocenters. The lowest BCUT2D eigenvalue weighted by atomic mass is 10.2. The van der Waals surface area contributed by atoms with Crippen LogP contribution in [0.25, 0.3) is 10.9 Å². The number of likely N-dealkylation sites (N-methyl/N-ethyl adjacent to an activating group) is 1. The van der Waals surface area contributed by atoms with Gasteiger partial charge in [0.2, 0.25) is 5.91 Å². The Kier molecular flexibility index (Phi) is 8.44. The molecule has 2 N–H and O–H groups in total. The summed E-state index contributed by atoms with van der Waals surface area (Å²) in [5.74, 6) is 1.00. The van der Waals surface area contributed by atoms with E-state index in [1.165, 1.54) is 25.1 Å². The predicted octanol–water partition coefficient (Wildman–Crippen LogP) is 2.35. The van der Waals surface area contributed by atoms with Crippen LogP contribution in [0, 0.1) is 0 Å².